The third kappa shape index (κ3) is 28.1. The first-order valence-electron chi connectivity index (χ1n) is 14.9. The number of alkyl carbamates (subject to hydrolysis) is 1. The van der Waals surface area contributed by atoms with Crippen LogP contribution in [0.3, 0.4) is 0 Å². The Morgan fingerprint density at radius 1 is 0.537 bits per heavy atom. The van der Waals surface area contributed by atoms with E-state index < -0.39 is 6.09 Å². The van der Waals surface area contributed by atoms with E-state index in [1.807, 2.05) is 30.3 Å². The van der Waals surface area contributed by atoms with Gasteiger partial charge >= 0.3 is 6.09 Å². The lowest BCUT2D eigenvalue weighted by atomic mass is 10.2. The van der Waals surface area contributed by atoms with Gasteiger partial charge in [0.2, 0.25) is 0 Å². The van der Waals surface area contributed by atoms with Crippen molar-refractivity contribution in [2.45, 2.75) is 39.2 Å². The van der Waals surface area contributed by atoms with Crippen molar-refractivity contribution in [2.75, 3.05) is 112 Å². The molecule has 0 atom stereocenters. The lowest BCUT2D eigenvalue weighted by molar-refractivity contribution is -0.0230. The number of carbonyl (C=O) groups is 1. The predicted octanol–water partition coefficient (Wildman–Crippen LogP) is 3.63. The van der Waals surface area contributed by atoms with Crippen molar-refractivity contribution < 1.29 is 47.4 Å². The first-order chi connectivity index (χ1) is 20.3. The molecule has 1 aromatic carbocycles. The molecule has 0 aromatic heterocycles. The van der Waals surface area contributed by atoms with Crippen LogP contribution in [0, 0.1) is 0 Å². The molecule has 0 saturated heterocycles. The first-order valence-corrected chi connectivity index (χ1v) is 14.9. The van der Waals surface area contributed by atoms with Crippen molar-refractivity contribution in [2.24, 2.45) is 0 Å². The molecule has 1 amide bonds. The number of ether oxygens (including phenoxy) is 9. The molecule has 41 heavy (non-hydrogen) atoms. The second-order valence-electron chi connectivity index (χ2n) is 8.95. The van der Waals surface area contributed by atoms with E-state index in [0.29, 0.717) is 106 Å². The standard InChI is InChI=1S/C30H53NO10/c1-2-3-4-8-12-33-14-16-35-18-20-37-22-24-39-26-27-40-25-23-38-21-19-36-17-15-34-13-11-31-30(32)41-28-29-9-6-5-7-10-29/h5-7,9-10H,2-4,8,11-28H2,1H3,(H,31,32). The molecule has 0 spiro atoms. The molecule has 11 nitrogen and oxygen atoms in total. The fourth-order valence-electron chi connectivity index (χ4n) is 3.27. The lowest BCUT2D eigenvalue weighted by Gasteiger charge is -2.09. The van der Waals surface area contributed by atoms with Crippen LogP contribution in [0.2, 0.25) is 0 Å². The van der Waals surface area contributed by atoms with E-state index in [4.69, 9.17) is 42.6 Å². The molecule has 1 aromatic rings. The summed E-state index contributed by atoms with van der Waals surface area (Å²) in [4.78, 5) is 11.6. The first kappa shape index (κ1) is 37.2. The van der Waals surface area contributed by atoms with Gasteiger partial charge in [0.1, 0.15) is 6.61 Å². The largest absolute Gasteiger partial charge is 0.445 e. The smallest absolute Gasteiger partial charge is 0.407 e. The number of rotatable bonds is 31. The van der Waals surface area contributed by atoms with Gasteiger partial charge in [-0.15, -0.1) is 0 Å². The van der Waals surface area contributed by atoms with Gasteiger partial charge in [-0.1, -0.05) is 56.5 Å². The van der Waals surface area contributed by atoms with Crippen LogP contribution in [0.5, 0.6) is 0 Å². The summed E-state index contributed by atoms with van der Waals surface area (Å²) in [5.74, 6) is 0. The average molecular weight is 588 g/mol. The number of amides is 1. The van der Waals surface area contributed by atoms with E-state index in [-0.39, 0.29) is 6.61 Å². The molecule has 0 saturated carbocycles. The zero-order chi connectivity index (χ0) is 29.3. The maximum absolute atomic E-state index is 11.6. The zero-order valence-electron chi connectivity index (χ0n) is 25.0. The van der Waals surface area contributed by atoms with Gasteiger partial charge in [0.15, 0.2) is 0 Å². The van der Waals surface area contributed by atoms with Crippen LogP contribution >= 0.6 is 0 Å². The number of unbranched alkanes of at least 4 members (excludes halogenated alkanes) is 3. The second kappa shape index (κ2) is 31.1. The quantitative estimate of drug-likeness (QED) is 0.129. The number of hydrogen-bond donors (Lipinski definition) is 1. The van der Waals surface area contributed by atoms with Crippen LogP contribution in [0.15, 0.2) is 30.3 Å². The fourth-order valence-corrected chi connectivity index (χ4v) is 3.27. The average Bonchev–Trinajstić information content (AvgIpc) is 2.99. The minimum absolute atomic E-state index is 0.244. The Balaban J connectivity index is 1.65. The highest BCUT2D eigenvalue weighted by atomic mass is 16.6. The molecule has 0 fully saturated rings. The van der Waals surface area contributed by atoms with Gasteiger partial charge in [0.05, 0.1) is 99.1 Å². The van der Waals surface area contributed by atoms with Gasteiger partial charge in [-0.05, 0) is 12.0 Å². The molecule has 1 rings (SSSR count). The third-order valence-corrected chi connectivity index (χ3v) is 5.47. The Hall–Kier alpha value is -1.83. The molecular formula is C30H53NO10. The van der Waals surface area contributed by atoms with Gasteiger partial charge in [0, 0.05) is 13.2 Å². The second-order valence-corrected chi connectivity index (χ2v) is 8.95. The van der Waals surface area contributed by atoms with E-state index in [1.165, 1.54) is 19.3 Å². The van der Waals surface area contributed by atoms with E-state index >= 15 is 0 Å². The molecule has 0 aliphatic rings. The Morgan fingerprint density at radius 3 is 1.39 bits per heavy atom. The molecule has 0 unspecified atom stereocenters. The molecule has 0 aliphatic heterocycles. The highest BCUT2D eigenvalue weighted by molar-refractivity contribution is 5.67. The van der Waals surface area contributed by atoms with E-state index in [9.17, 15) is 4.79 Å². The zero-order valence-corrected chi connectivity index (χ0v) is 25.0. The van der Waals surface area contributed by atoms with Crippen LogP contribution in [-0.2, 0) is 49.2 Å². The van der Waals surface area contributed by atoms with Crippen molar-refractivity contribution in [1.29, 1.82) is 0 Å². The summed E-state index contributed by atoms with van der Waals surface area (Å²) in [6.07, 6.45) is 4.42. The van der Waals surface area contributed by atoms with Crippen molar-refractivity contribution in [1.82, 2.24) is 5.32 Å². The fraction of sp³-hybridized carbons (Fsp3) is 0.767. The summed E-state index contributed by atoms with van der Waals surface area (Å²) in [7, 11) is 0. The number of hydrogen-bond acceptors (Lipinski definition) is 10. The minimum Gasteiger partial charge on any atom is -0.445 e. The van der Waals surface area contributed by atoms with Crippen molar-refractivity contribution in [3.63, 3.8) is 0 Å². The molecule has 0 bridgehead atoms. The van der Waals surface area contributed by atoms with Gasteiger partial charge in [-0.25, -0.2) is 4.79 Å². The van der Waals surface area contributed by atoms with Gasteiger partial charge in [-0.3, -0.25) is 0 Å². The topological polar surface area (TPSA) is 112 Å². The molecule has 11 heteroatoms. The minimum atomic E-state index is -0.463. The Morgan fingerprint density at radius 2 is 0.951 bits per heavy atom. The third-order valence-electron chi connectivity index (χ3n) is 5.47. The number of benzene rings is 1. The molecule has 0 aliphatic carbocycles. The Bertz CT molecular complexity index is 668. The molecule has 238 valence electrons. The maximum Gasteiger partial charge on any atom is 0.407 e. The highest BCUT2D eigenvalue weighted by Gasteiger charge is 2.01. The van der Waals surface area contributed by atoms with Crippen LogP contribution in [0.1, 0.15) is 38.2 Å². The van der Waals surface area contributed by atoms with Gasteiger partial charge in [-0.2, -0.15) is 0 Å². The summed E-state index contributed by atoms with van der Waals surface area (Å²) < 4.78 is 48.8. The molecule has 0 radical (unpaired) electrons. The number of carbonyl (C=O) groups excluding carboxylic acids is 1. The summed E-state index contributed by atoms with van der Waals surface area (Å²) in [6, 6.07) is 9.52. The summed E-state index contributed by atoms with van der Waals surface area (Å²) in [5, 5.41) is 2.64. The van der Waals surface area contributed by atoms with Crippen LogP contribution in [0.25, 0.3) is 0 Å². The van der Waals surface area contributed by atoms with Crippen LogP contribution in [0.4, 0.5) is 4.79 Å². The van der Waals surface area contributed by atoms with Gasteiger partial charge in [0.25, 0.3) is 0 Å². The van der Waals surface area contributed by atoms with Crippen LogP contribution < -0.4 is 5.32 Å². The van der Waals surface area contributed by atoms with Crippen molar-refractivity contribution in [3.8, 4) is 0 Å². The Kier molecular flexibility index (Phi) is 28.2. The van der Waals surface area contributed by atoms with Crippen LogP contribution in [-0.4, -0.2) is 118 Å². The van der Waals surface area contributed by atoms with E-state index in [1.54, 1.807) is 0 Å². The van der Waals surface area contributed by atoms with E-state index in [2.05, 4.69) is 12.2 Å². The maximum atomic E-state index is 11.6. The Labute approximate surface area is 246 Å². The normalized spacial score (nSPS) is 11.1. The van der Waals surface area contributed by atoms with Crippen molar-refractivity contribution in [3.05, 3.63) is 35.9 Å². The number of nitrogens with one attached hydrogen (secondary N) is 1. The summed E-state index contributed by atoms with van der Waals surface area (Å²) in [6.45, 7) is 11.4. The molecule has 0 heterocycles. The molecular weight excluding hydrogens is 534 g/mol. The summed E-state index contributed by atoms with van der Waals surface area (Å²) in [5.41, 5.74) is 0.942. The van der Waals surface area contributed by atoms with Gasteiger partial charge < -0.3 is 47.9 Å². The highest BCUT2D eigenvalue weighted by Crippen LogP contribution is 2.00. The summed E-state index contributed by atoms with van der Waals surface area (Å²) >= 11 is 0. The monoisotopic (exact) mass is 587 g/mol. The van der Waals surface area contributed by atoms with Crippen molar-refractivity contribution >= 4 is 6.09 Å². The van der Waals surface area contributed by atoms with E-state index in [0.717, 1.165) is 18.6 Å². The SMILES string of the molecule is CCCCCCOCCOCCOCCOCCOCCOCCOCCOCCNC(=O)OCc1ccccc1. The predicted molar refractivity (Wildman–Crippen MR) is 155 cm³/mol. The lowest BCUT2D eigenvalue weighted by Crippen LogP contribution is -2.28. The molecule has 1 N–H and O–H groups in total.